The zero-order valence-electron chi connectivity index (χ0n) is 32.0. The van der Waals surface area contributed by atoms with Gasteiger partial charge in [0.2, 0.25) is 0 Å². The molecule has 3 nitrogen and oxygen atoms in total. The van der Waals surface area contributed by atoms with Gasteiger partial charge in [0.25, 0.3) is 0 Å². The van der Waals surface area contributed by atoms with Crippen LogP contribution in [0.15, 0.2) is 212 Å². The Labute approximate surface area is 346 Å². The maximum atomic E-state index is 5.26. The molecule has 0 aliphatic rings. The predicted octanol–water partition coefficient (Wildman–Crippen LogP) is 15.1. The Kier molecular flexibility index (Phi) is 8.68. The molecule has 4 heteroatoms. The van der Waals surface area contributed by atoms with Gasteiger partial charge in [-0.1, -0.05) is 194 Å². The molecule has 0 unspecified atom stereocenters. The second-order valence-electron chi connectivity index (χ2n) is 14.7. The zero-order chi connectivity index (χ0) is 39.1. The molecule has 0 bridgehead atoms. The van der Waals surface area contributed by atoms with E-state index in [4.69, 9.17) is 15.0 Å². The Morgan fingerprint density at radius 2 is 0.678 bits per heavy atom. The molecule has 0 spiro atoms. The quantitative estimate of drug-likeness (QED) is 0.162. The third-order valence-electron chi connectivity index (χ3n) is 11.2. The molecule has 0 saturated heterocycles. The van der Waals surface area contributed by atoms with Crippen LogP contribution in [-0.4, -0.2) is 15.0 Å². The molecule has 0 aliphatic heterocycles. The number of hydrogen-bond acceptors (Lipinski definition) is 4. The van der Waals surface area contributed by atoms with Crippen LogP contribution >= 0.6 is 11.3 Å². The summed E-state index contributed by atoms with van der Waals surface area (Å²) in [5.74, 6) is 1.88. The largest absolute Gasteiger partial charge is 0.208 e. The first kappa shape index (κ1) is 34.7. The smallest absolute Gasteiger partial charge is 0.164 e. The van der Waals surface area contributed by atoms with Gasteiger partial charge in [-0.25, -0.2) is 15.0 Å². The van der Waals surface area contributed by atoms with Crippen LogP contribution in [0.5, 0.6) is 0 Å². The number of nitrogens with zero attached hydrogens (tertiary/aromatic N) is 3. The highest BCUT2D eigenvalue weighted by atomic mass is 32.1. The van der Waals surface area contributed by atoms with Gasteiger partial charge < -0.3 is 0 Å². The van der Waals surface area contributed by atoms with Gasteiger partial charge >= 0.3 is 0 Å². The van der Waals surface area contributed by atoms with E-state index in [9.17, 15) is 0 Å². The van der Waals surface area contributed by atoms with Crippen LogP contribution in [0.3, 0.4) is 0 Å². The van der Waals surface area contributed by atoms with E-state index in [1.807, 2.05) is 23.5 Å². The molecule has 0 saturated carbocycles. The van der Waals surface area contributed by atoms with E-state index < -0.39 is 0 Å². The molecule has 11 aromatic rings. The SMILES string of the molecule is c1ccc(-c2ccccc2-c2nc(-c3cccc(-c4ccc(-c5ccc6c(c5)sc5ccccc56)c5ccccc45)c3)nc(-c3ccccc3-c3ccccc3)n2)cc1. The Hall–Kier alpha value is -7.53. The topological polar surface area (TPSA) is 38.7 Å². The van der Waals surface area contributed by atoms with Crippen molar-refractivity contribution < 1.29 is 0 Å². The first-order chi connectivity index (χ1) is 29.2. The van der Waals surface area contributed by atoms with Crippen LogP contribution in [0.2, 0.25) is 0 Å². The molecular weight excluding hydrogens is 735 g/mol. The summed E-state index contributed by atoms with van der Waals surface area (Å²) in [6, 6.07) is 75.1. The molecule has 0 amide bonds. The number of fused-ring (bicyclic) bond motifs is 4. The van der Waals surface area contributed by atoms with Crippen molar-refractivity contribution in [2.45, 2.75) is 0 Å². The van der Waals surface area contributed by atoms with Gasteiger partial charge in [0.05, 0.1) is 0 Å². The van der Waals surface area contributed by atoms with Crippen molar-refractivity contribution in [1.82, 2.24) is 15.0 Å². The van der Waals surface area contributed by atoms with Gasteiger partial charge in [0, 0.05) is 36.9 Å². The lowest BCUT2D eigenvalue weighted by Crippen LogP contribution is -2.02. The molecule has 59 heavy (non-hydrogen) atoms. The Morgan fingerprint density at radius 3 is 1.29 bits per heavy atom. The van der Waals surface area contributed by atoms with E-state index in [0.717, 1.165) is 50.1 Å². The molecule has 2 aromatic heterocycles. The number of hydrogen-bond donors (Lipinski definition) is 0. The second-order valence-corrected chi connectivity index (χ2v) is 15.8. The summed E-state index contributed by atoms with van der Waals surface area (Å²) in [6.45, 7) is 0. The molecule has 9 aromatic carbocycles. The van der Waals surface area contributed by atoms with Crippen LogP contribution in [0, 0.1) is 0 Å². The fourth-order valence-corrected chi connectivity index (χ4v) is 9.51. The van der Waals surface area contributed by atoms with Gasteiger partial charge in [-0.05, 0) is 73.5 Å². The third kappa shape index (κ3) is 6.37. The van der Waals surface area contributed by atoms with Gasteiger partial charge in [-0.2, -0.15) is 0 Å². The minimum atomic E-state index is 0.621. The van der Waals surface area contributed by atoms with Crippen molar-refractivity contribution in [1.29, 1.82) is 0 Å². The lowest BCUT2D eigenvalue weighted by atomic mass is 9.91. The van der Waals surface area contributed by atoms with Crippen molar-refractivity contribution in [2.75, 3.05) is 0 Å². The highest BCUT2D eigenvalue weighted by Gasteiger charge is 2.19. The summed E-state index contributed by atoms with van der Waals surface area (Å²) < 4.78 is 2.62. The number of thiophene rings is 1. The summed E-state index contributed by atoms with van der Waals surface area (Å²) in [5.41, 5.74) is 11.9. The Balaban J connectivity index is 1.06. The van der Waals surface area contributed by atoms with Crippen molar-refractivity contribution in [3.8, 4) is 78.7 Å². The van der Waals surface area contributed by atoms with Crippen LogP contribution in [-0.2, 0) is 0 Å². The maximum absolute atomic E-state index is 5.26. The highest BCUT2D eigenvalue weighted by Crippen LogP contribution is 2.41. The zero-order valence-corrected chi connectivity index (χ0v) is 32.8. The first-order valence-corrected chi connectivity index (χ1v) is 20.7. The minimum absolute atomic E-state index is 0.621. The molecule has 0 N–H and O–H groups in total. The Morgan fingerprint density at radius 1 is 0.237 bits per heavy atom. The first-order valence-electron chi connectivity index (χ1n) is 19.9. The molecule has 0 fully saturated rings. The second kappa shape index (κ2) is 14.8. The summed E-state index contributed by atoms with van der Waals surface area (Å²) in [6.07, 6.45) is 0. The van der Waals surface area contributed by atoms with E-state index in [-0.39, 0.29) is 0 Å². The van der Waals surface area contributed by atoms with Gasteiger partial charge in [-0.3, -0.25) is 0 Å². The summed E-state index contributed by atoms with van der Waals surface area (Å²) in [5, 5.41) is 5.04. The van der Waals surface area contributed by atoms with Gasteiger partial charge in [-0.15, -0.1) is 11.3 Å². The average molecular weight is 770 g/mol. The van der Waals surface area contributed by atoms with E-state index in [0.29, 0.717) is 17.5 Å². The normalized spacial score (nSPS) is 11.4. The standard InChI is InChI=1S/C55H35N3S/c1-3-16-36(17-4-1)41-22-7-11-27-49(41)54-56-53(57-55(58-54)50-28-12-8-23-42(50)37-18-5-2-6-19-37)40-21-15-20-38(34-40)43-32-33-44(46-25-10-9-24-45(43)46)39-30-31-48-47-26-13-14-29-51(47)59-52(48)35-39/h1-35H. The van der Waals surface area contributed by atoms with E-state index in [1.165, 1.54) is 42.1 Å². The summed E-state index contributed by atoms with van der Waals surface area (Å²) >= 11 is 1.86. The van der Waals surface area contributed by atoms with E-state index >= 15 is 0 Å². The van der Waals surface area contributed by atoms with Crippen LogP contribution in [0.1, 0.15) is 0 Å². The van der Waals surface area contributed by atoms with E-state index in [2.05, 4.69) is 200 Å². The minimum Gasteiger partial charge on any atom is -0.208 e. The lowest BCUT2D eigenvalue weighted by Gasteiger charge is -2.15. The molecule has 0 atom stereocenters. The molecular formula is C55H35N3S. The Bertz CT molecular complexity index is 3230. The van der Waals surface area contributed by atoms with E-state index in [1.54, 1.807) is 0 Å². The van der Waals surface area contributed by atoms with Crippen LogP contribution < -0.4 is 0 Å². The van der Waals surface area contributed by atoms with Crippen LogP contribution in [0.4, 0.5) is 0 Å². The maximum Gasteiger partial charge on any atom is 0.164 e. The van der Waals surface area contributed by atoms with Crippen molar-refractivity contribution in [3.05, 3.63) is 212 Å². The van der Waals surface area contributed by atoms with Gasteiger partial charge in [0.1, 0.15) is 0 Å². The lowest BCUT2D eigenvalue weighted by molar-refractivity contribution is 1.07. The average Bonchev–Trinajstić information content (AvgIpc) is 3.70. The monoisotopic (exact) mass is 769 g/mol. The van der Waals surface area contributed by atoms with Gasteiger partial charge in [0.15, 0.2) is 17.5 Å². The summed E-state index contributed by atoms with van der Waals surface area (Å²) in [7, 11) is 0. The van der Waals surface area contributed by atoms with Crippen molar-refractivity contribution >= 4 is 42.3 Å². The molecule has 276 valence electrons. The molecule has 2 heterocycles. The fourth-order valence-electron chi connectivity index (χ4n) is 8.36. The molecule has 0 aliphatic carbocycles. The molecule has 0 radical (unpaired) electrons. The fraction of sp³-hybridized carbons (Fsp3) is 0. The summed E-state index contributed by atoms with van der Waals surface area (Å²) in [4.78, 5) is 15.8. The number of aromatic nitrogens is 3. The van der Waals surface area contributed by atoms with Crippen molar-refractivity contribution in [2.24, 2.45) is 0 Å². The van der Waals surface area contributed by atoms with Crippen molar-refractivity contribution in [3.63, 3.8) is 0 Å². The highest BCUT2D eigenvalue weighted by molar-refractivity contribution is 7.25. The molecule has 11 rings (SSSR count). The van der Waals surface area contributed by atoms with Crippen LogP contribution in [0.25, 0.3) is 110 Å². The third-order valence-corrected chi connectivity index (χ3v) is 12.3. The number of rotatable bonds is 7. The number of benzene rings is 9. The predicted molar refractivity (Wildman–Crippen MR) is 248 cm³/mol.